The lowest BCUT2D eigenvalue weighted by atomic mass is 10.1. The fraction of sp³-hybridized carbons (Fsp3) is 0.125. The van der Waals surface area contributed by atoms with Crippen LogP contribution in [0.1, 0.15) is 5.56 Å². The van der Waals surface area contributed by atoms with Crippen LogP contribution in [0.2, 0.25) is 5.02 Å². The molecule has 3 aromatic rings. The zero-order valence-electron chi connectivity index (χ0n) is 11.7. The molecule has 0 saturated heterocycles. The molecular formula is C16H14ClN3O. The number of methoxy groups -OCH3 is 1. The zero-order chi connectivity index (χ0) is 15.0. The minimum Gasteiger partial charge on any atom is -0.497 e. The first-order valence-electron chi connectivity index (χ1n) is 6.46. The number of aromatic nitrogens is 2. The van der Waals surface area contributed by atoms with Crippen molar-refractivity contribution in [1.29, 1.82) is 0 Å². The average molecular weight is 300 g/mol. The molecule has 0 bridgehead atoms. The van der Waals surface area contributed by atoms with Crippen LogP contribution in [0.5, 0.6) is 5.75 Å². The van der Waals surface area contributed by atoms with E-state index in [1.54, 1.807) is 7.11 Å². The Hall–Kier alpha value is -2.33. The van der Waals surface area contributed by atoms with Gasteiger partial charge in [0.1, 0.15) is 11.6 Å². The Morgan fingerprint density at radius 2 is 1.90 bits per heavy atom. The van der Waals surface area contributed by atoms with Gasteiger partial charge < -0.3 is 10.5 Å². The van der Waals surface area contributed by atoms with E-state index in [1.165, 1.54) is 0 Å². The second-order valence-electron chi connectivity index (χ2n) is 4.77. The molecule has 1 heterocycles. The molecule has 0 aliphatic carbocycles. The number of nitrogens with zero attached hydrogens (tertiary/aromatic N) is 2. The van der Waals surface area contributed by atoms with Crippen LogP contribution in [0.3, 0.4) is 0 Å². The number of halogens is 1. The van der Waals surface area contributed by atoms with Crippen molar-refractivity contribution in [2.24, 2.45) is 0 Å². The molecule has 5 heteroatoms. The number of aryl methyl sites for hydroxylation is 1. The van der Waals surface area contributed by atoms with Crippen LogP contribution in [0.15, 0.2) is 36.4 Å². The van der Waals surface area contributed by atoms with Crippen LogP contribution in [0.4, 0.5) is 5.82 Å². The Morgan fingerprint density at radius 1 is 1.10 bits per heavy atom. The van der Waals surface area contributed by atoms with Crippen molar-refractivity contribution in [3.8, 4) is 17.1 Å². The Kier molecular flexibility index (Phi) is 3.39. The van der Waals surface area contributed by atoms with Gasteiger partial charge in [-0.1, -0.05) is 17.7 Å². The highest BCUT2D eigenvalue weighted by Crippen LogP contribution is 2.29. The van der Waals surface area contributed by atoms with Crippen LogP contribution in [0.25, 0.3) is 22.3 Å². The van der Waals surface area contributed by atoms with E-state index < -0.39 is 0 Å². The first-order chi connectivity index (χ1) is 10.1. The van der Waals surface area contributed by atoms with Crippen LogP contribution in [-0.4, -0.2) is 17.1 Å². The number of nitrogen functional groups attached to an aromatic ring is 1. The lowest BCUT2D eigenvalue weighted by molar-refractivity contribution is 0.415. The highest BCUT2D eigenvalue weighted by molar-refractivity contribution is 6.30. The standard InChI is InChI=1S/C16H14ClN3O/c1-9-3-4-10(17)7-12(9)16-19-14-6-5-11(21-2)8-13(14)15(18)20-16/h3-8H,1-2H3,(H2,18,19,20). The fourth-order valence-electron chi connectivity index (χ4n) is 2.21. The molecule has 2 N–H and O–H groups in total. The minimum atomic E-state index is 0.424. The van der Waals surface area contributed by atoms with Crippen LogP contribution in [-0.2, 0) is 0 Å². The van der Waals surface area contributed by atoms with Crippen molar-refractivity contribution < 1.29 is 4.74 Å². The summed E-state index contributed by atoms with van der Waals surface area (Å²) in [5, 5.41) is 1.42. The lowest BCUT2D eigenvalue weighted by Gasteiger charge is -2.09. The lowest BCUT2D eigenvalue weighted by Crippen LogP contribution is -1.99. The second kappa shape index (κ2) is 5.22. The maximum absolute atomic E-state index is 6.07. The van der Waals surface area contributed by atoms with Crippen LogP contribution < -0.4 is 10.5 Å². The molecule has 4 nitrogen and oxygen atoms in total. The Labute approximate surface area is 127 Å². The van der Waals surface area contributed by atoms with Gasteiger partial charge in [0.2, 0.25) is 0 Å². The van der Waals surface area contributed by atoms with E-state index in [0.29, 0.717) is 16.7 Å². The highest BCUT2D eigenvalue weighted by Gasteiger charge is 2.10. The van der Waals surface area contributed by atoms with E-state index in [9.17, 15) is 0 Å². The minimum absolute atomic E-state index is 0.424. The third-order valence-electron chi connectivity index (χ3n) is 3.37. The molecule has 3 rings (SSSR count). The van der Waals surface area contributed by atoms with Gasteiger partial charge in [-0.2, -0.15) is 0 Å². The molecule has 0 saturated carbocycles. The van der Waals surface area contributed by atoms with Gasteiger partial charge >= 0.3 is 0 Å². The monoisotopic (exact) mass is 299 g/mol. The van der Waals surface area contributed by atoms with Crippen molar-refractivity contribution in [2.45, 2.75) is 6.92 Å². The normalized spacial score (nSPS) is 10.8. The van der Waals surface area contributed by atoms with Crippen LogP contribution >= 0.6 is 11.6 Å². The van der Waals surface area contributed by atoms with E-state index in [4.69, 9.17) is 22.1 Å². The van der Waals surface area contributed by atoms with Gasteiger partial charge in [-0.05, 0) is 42.8 Å². The molecule has 0 unspecified atom stereocenters. The third-order valence-corrected chi connectivity index (χ3v) is 3.61. The van der Waals surface area contributed by atoms with E-state index in [0.717, 1.165) is 27.8 Å². The molecule has 21 heavy (non-hydrogen) atoms. The summed E-state index contributed by atoms with van der Waals surface area (Å²) < 4.78 is 5.20. The predicted molar refractivity (Wildman–Crippen MR) is 85.7 cm³/mol. The summed E-state index contributed by atoms with van der Waals surface area (Å²) in [6, 6.07) is 11.2. The number of hydrogen-bond acceptors (Lipinski definition) is 4. The summed E-state index contributed by atoms with van der Waals surface area (Å²) in [7, 11) is 1.61. The first kappa shape index (κ1) is 13.6. The van der Waals surface area contributed by atoms with Crippen LogP contribution in [0, 0.1) is 6.92 Å². The summed E-state index contributed by atoms with van der Waals surface area (Å²) in [5.74, 6) is 1.72. The predicted octanol–water partition coefficient (Wildman–Crippen LogP) is 3.85. The average Bonchev–Trinajstić information content (AvgIpc) is 2.49. The van der Waals surface area contributed by atoms with Crippen molar-refractivity contribution in [3.63, 3.8) is 0 Å². The third kappa shape index (κ3) is 2.50. The van der Waals surface area contributed by atoms with Crippen molar-refractivity contribution in [2.75, 3.05) is 12.8 Å². The quantitative estimate of drug-likeness (QED) is 0.781. The summed E-state index contributed by atoms with van der Waals surface area (Å²) in [6.45, 7) is 1.99. The Balaban J connectivity index is 2.23. The van der Waals surface area contributed by atoms with Gasteiger partial charge in [0.15, 0.2) is 5.82 Å². The number of fused-ring (bicyclic) bond motifs is 1. The molecule has 0 atom stereocenters. The number of ether oxygens (including phenoxy) is 1. The number of rotatable bonds is 2. The molecule has 0 aliphatic rings. The van der Waals surface area contributed by atoms with Gasteiger partial charge in [-0.25, -0.2) is 9.97 Å². The summed E-state index contributed by atoms with van der Waals surface area (Å²) in [5.41, 5.74) is 8.77. The van der Waals surface area contributed by atoms with E-state index in [1.807, 2.05) is 43.3 Å². The fourth-order valence-corrected chi connectivity index (χ4v) is 2.39. The smallest absolute Gasteiger partial charge is 0.162 e. The molecule has 0 aliphatic heterocycles. The molecule has 0 amide bonds. The topological polar surface area (TPSA) is 61.0 Å². The first-order valence-corrected chi connectivity index (χ1v) is 6.84. The molecular weight excluding hydrogens is 286 g/mol. The maximum atomic E-state index is 6.07. The Morgan fingerprint density at radius 3 is 2.67 bits per heavy atom. The van der Waals surface area contributed by atoms with Gasteiger partial charge in [-0.15, -0.1) is 0 Å². The molecule has 0 fully saturated rings. The van der Waals surface area contributed by atoms with Crippen molar-refractivity contribution >= 4 is 28.3 Å². The SMILES string of the molecule is COc1ccc2nc(-c3cc(Cl)ccc3C)nc(N)c2c1. The largest absolute Gasteiger partial charge is 0.497 e. The zero-order valence-corrected chi connectivity index (χ0v) is 12.5. The van der Waals surface area contributed by atoms with E-state index in [-0.39, 0.29) is 0 Å². The van der Waals surface area contributed by atoms with Gasteiger partial charge in [0.05, 0.1) is 12.6 Å². The number of hydrogen-bond donors (Lipinski definition) is 1. The van der Waals surface area contributed by atoms with Gasteiger partial charge in [0, 0.05) is 16.0 Å². The maximum Gasteiger partial charge on any atom is 0.162 e. The summed E-state index contributed by atoms with van der Waals surface area (Å²) in [4.78, 5) is 8.98. The molecule has 0 spiro atoms. The van der Waals surface area contributed by atoms with Crippen molar-refractivity contribution in [3.05, 3.63) is 47.0 Å². The van der Waals surface area contributed by atoms with Crippen molar-refractivity contribution in [1.82, 2.24) is 9.97 Å². The Bertz CT molecular complexity index is 833. The summed E-state index contributed by atoms with van der Waals surface area (Å²) >= 11 is 6.06. The second-order valence-corrected chi connectivity index (χ2v) is 5.21. The number of anilines is 1. The molecule has 0 radical (unpaired) electrons. The molecule has 1 aromatic heterocycles. The highest BCUT2D eigenvalue weighted by atomic mass is 35.5. The number of benzene rings is 2. The van der Waals surface area contributed by atoms with Gasteiger partial charge in [-0.3, -0.25) is 0 Å². The van der Waals surface area contributed by atoms with Gasteiger partial charge in [0.25, 0.3) is 0 Å². The summed E-state index contributed by atoms with van der Waals surface area (Å²) in [6.07, 6.45) is 0. The van der Waals surface area contributed by atoms with E-state index >= 15 is 0 Å². The molecule has 106 valence electrons. The molecule has 2 aromatic carbocycles. The van der Waals surface area contributed by atoms with E-state index in [2.05, 4.69) is 9.97 Å². The number of nitrogens with two attached hydrogens (primary N) is 1.